The van der Waals surface area contributed by atoms with Gasteiger partial charge in [0.25, 0.3) is 0 Å². The lowest BCUT2D eigenvalue weighted by atomic mass is 9.44. The van der Waals surface area contributed by atoms with Crippen molar-refractivity contribution in [1.29, 1.82) is 0 Å². The third kappa shape index (κ3) is 5.36. The van der Waals surface area contributed by atoms with Crippen molar-refractivity contribution in [2.24, 2.45) is 34.5 Å². The van der Waals surface area contributed by atoms with E-state index in [0.717, 1.165) is 51.5 Å². The Balaban J connectivity index is 1.34. The van der Waals surface area contributed by atoms with Crippen LogP contribution in [-0.4, -0.2) is 28.9 Å². The number of fused-ring (bicyclic) bond motifs is 5. The lowest BCUT2D eigenvalue weighted by molar-refractivity contribution is -0.135. The predicted molar refractivity (Wildman–Crippen MR) is 146 cm³/mol. The van der Waals surface area contributed by atoms with Crippen LogP contribution in [0.15, 0.2) is 11.6 Å². The van der Waals surface area contributed by atoms with E-state index in [9.17, 15) is 14.7 Å². The molecule has 0 aromatic rings. The molecular weight excluding hydrogens is 446 g/mol. The maximum atomic E-state index is 12.4. The van der Waals surface area contributed by atoms with Gasteiger partial charge in [0.1, 0.15) is 0 Å². The molecule has 3 fully saturated rings. The number of carbonyl (C=O) groups excluding carboxylic acids is 2. The second-order valence-electron chi connectivity index (χ2n) is 13.6. The number of carbonyl (C=O) groups is 2. The average Bonchev–Trinajstić information content (AvgIpc) is 3.08. The summed E-state index contributed by atoms with van der Waals surface area (Å²) in [6, 6.07) is 0. The van der Waals surface area contributed by atoms with Gasteiger partial charge >= 0.3 is 0 Å². The highest BCUT2D eigenvalue weighted by Gasteiger charge is 2.64. The zero-order valence-corrected chi connectivity index (χ0v) is 23.7. The average molecular weight is 500 g/mol. The van der Waals surface area contributed by atoms with Crippen molar-refractivity contribution in [1.82, 2.24) is 5.32 Å². The Bertz CT molecular complexity index is 831. The molecule has 0 saturated heterocycles. The summed E-state index contributed by atoms with van der Waals surface area (Å²) in [6.45, 7) is 9.89. The topological polar surface area (TPSA) is 66.4 Å². The highest BCUT2D eigenvalue weighted by Crippen LogP contribution is 2.69. The first-order valence-electron chi connectivity index (χ1n) is 15.4. The Kier molecular flexibility index (Phi) is 8.74. The summed E-state index contributed by atoms with van der Waals surface area (Å²) in [5.74, 6) is 3.16. The maximum absolute atomic E-state index is 12.4. The Morgan fingerprint density at radius 3 is 2.50 bits per heavy atom. The van der Waals surface area contributed by atoms with Gasteiger partial charge in [-0.25, -0.2) is 0 Å². The van der Waals surface area contributed by atoms with Crippen molar-refractivity contribution in [3.05, 3.63) is 11.6 Å². The third-order valence-corrected chi connectivity index (χ3v) is 11.5. The molecule has 7 atom stereocenters. The van der Waals surface area contributed by atoms with E-state index in [4.69, 9.17) is 0 Å². The van der Waals surface area contributed by atoms with Crippen molar-refractivity contribution in [3.63, 3.8) is 0 Å². The quantitative estimate of drug-likeness (QED) is 0.297. The number of aliphatic hydroxyl groups is 1. The normalized spacial score (nSPS) is 39.7. The number of nitrogens with one attached hydrogen (secondary N) is 1. The summed E-state index contributed by atoms with van der Waals surface area (Å²) in [7, 11) is 0. The molecule has 204 valence electrons. The van der Waals surface area contributed by atoms with E-state index >= 15 is 0 Å². The molecule has 2 N–H and O–H groups in total. The fourth-order valence-electron chi connectivity index (χ4n) is 8.96. The number of hydrogen-bond donors (Lipinski definition) is 2. The van der Waals surface area contributed by atoms with Gasteiger partial charge in [-0.15, -0.1) is 0 Å². The second kappa shape index (κ2) is 11.3. The third-order valence-electron chi connectivity index (χ3n) is 11.5. The number of rotatable bonds is 11. The van der Waals surface area contributed by atoms with E-state index in [0.29, 0.717) is 42.3 Å². The molecule has 4 nitrogen and oxygen atoms in total. The molecule has 0 bridgehead atoms. The number of amides is 1. The molecule has 4 heteroatoms. The van der Waals surface area contributed by atoms with Crippen LogP contribution in [0.4, 0.5) is 0 Å². The van der Waals surface area contributed by atoms with Crippen molar-refractivity contribution >= 4 is 11.7 Å². The first kappa shape index (κ1) is 27.9. The van der Waals surface area contributed by atoms with Gasteiger partial charge in [-0.05, 0) is 105 Å². The fraction of sp³-hybridized carbons (Fsp3) is 0.875. The van der Waals surface area contributed by atoms with Gasteiger partial charge in [0.15, 0.2) is 5.78 Å². The minimum Gasteiger partial charge on any atom is -0.390 e. The lowest BCUT2D eigenvalue weighted by Gasteiger charge is -2.61. The summed E-state index contributed by atoms with van der Waals surface area (Å²) in [6.07, 6.45) is 19.3. The maximum Gasteiger partial charge on any atom is 0.219 e. The van der Waals surface area contributed by atoms with Gasteiger partial charge < -0.3 is 10.4 Å². The highest BCUT2D eigenvalue weighted by atomic mass is 16.3. The number of hydrogen-bond acceptors (Lipinski definition) is 3. The molecule has 0 aromatic carbocycles. The Hall–Kier alpha value is -1.16. The molecule has 4 rings (SSSR count). The van der Waals surface area contributed by atoms with Crippen molar-refractivity contribution < 1.29 is 14.7 Å². The van der Waals surface area contributed by atoms with Crippen LogP contribution in [-0.2, 0) is 9.59 Å². The smallest absolute Gasteiger partial charge is 0.219 e. The molecule has 4 aliphatic rings. The fourth-order valence-corrected chi connectivity index (χ4v) is 8.96. The second-order valence-corrected chi connectivity index (χ2v) is 13.6. The minimum absolute atomic E-state index is 0.0377. The standard InChI is InChI=1S/C32H53NO3/c1-5-6-13-28(35)33-20-11-9-7-8-10-12-23-21-24-22-25(34)14-17-30(24,2)26-15-18-31(3)27(29(23)26)16-19-32(31,4)36/h22-23,26-27,29,36H,5-21H2,1-4H3,(H,33,35)/t23-,26?,27?,29?,30+,31+,32+/m1/s1. The van der Waals surface area contributed by atoms with Gasteiger partial charge in [-0.3, -0.25) is 9.59 Å². The first-order valence-corrected chi connectivity index (χ1v) is 15.4. The Labute approximate surface area is 220 Å². The summed E-state index contributed by atoms with van der Waals surface area (Å²) < 4.78 is 0. The minimum atomic E-state index is -0.543. The summed E-state index contributed by atoms with van der Waals surface area (Å²) in [5, 5.41) is 14.4. The monoisotopic (exact) mass is 499 g/mol. The zero-order valence-electron chi connectivity index (χ0n) is 23.7. The van der Waals surface area contributed by atoms with Crippen LogP contribution in [0.5, 0.6) is 0 Å². The van der Waals surface area contributed by atoms with E-state index < -0.39 is 5.60 Å². The predicted octanol–water partition coefficient (Wildman–Crippen LogP) is 7.14. The van der Waals surface area contributed by atoms with Crippen LogP contribution in [0.3, 0.4) is 0 Å². The van der Waals surface area contributed by atoms with Crippen LogP contribution in [0.2, 0.25) is 0 Å². The van der Waals surface area contributed by atoms with Crippen LogP contribution >= 0.6 is 0 Å². The molecule has 0 spiro atoms. The molecule has 4 aliphatic carbocycles. The summed E-state index contributed by atoms with van der Waals surface area (Å²) in [4.78, 5) is 24.1. The zero-order chi connectivity index (χ0) is 26.0. The van der Waals surface area contributed by atoms with E-state index in [1.54, 1.807) is 0 Å². The molecule has 3 saturated carbocycles. The molecule has 0 heterocycles. The number of ketones is 1. The Morgan fingerprint density at radius 1 is 1.00 bits per heavy atom. The van der Waals surface area contributed by atoms with Gasteiger partial charge in [0.05, 0.1) is 5.60 Å². The number of unbranched alkanes of at least 4 members (excludes halogenated alkanes) is 5. The summed E-state index contributed by atoms with van der Waals surface area (Å²) >= 11 is 0. The molecular formula is C32H53NO3. The number of allylic oxidation sites excluding steroid dienone is 1. The van der Waals surface area contributed by atoms with Crippen LogP contribution < -0.4 is 5.32 Å². The van der Waals surface area contributed by atoms with E-state index in [2.05, 4.69) is 33.0 Å². The van der Waals surface area contributed by atoms with E-state index in [-0.39, 0.29) is 16.7 Å². The highest BCUT2D eigenvalue weighted by molar-refractivity contribution is 5.91. The van der Waals surface area contributed by atoms with Crippen molar-refractivity contribution in [2.75, 3.05) is 6.54 Å². The van der Waals surface area contributed by atoms with Gasteiger partial charge in [0.2, 0.25) is 5.91 Å². The lowest BCUT2D eigenvalue weighted by Crippen LogP contribution is -2.56. The van der Waals surface area contributed by atoms with Crippen molar-refractivity contribution in [2.45, 2.75) is 136 Å². The molecule has 3 unspecified atom stereocenters. The first-order chi connectivity index (χ1) is 17.1. The van der Waals surface area contributed by atoms with Crippen LogP contribution in [0, 0.1) is 34.5 Å². The van der Waals surface area contributed by atoms with Crippen LogP contribution in [0.1, 0.15) is 130 Å². The molecule has 36 heavy (non-hydrogen) atoms. The molecule has 0 aliphatic heterocycles. The molecule has 0 radical (unpaired) electrons. The van der Waals surface area contributed by atoms with Gasteiger partial charge in [-0.2, -0.15) is 0 Å². The molecule has 0 aromatic heterocycles. The van der Waals surface area contributed by atoms with Gasteiger partial charge in [0, 0.05) is 19.4 Å². The van der Waals surface area contributed by atoms with Crippen LogP contribution in [0.25, 0.3) is 0 Å². The van der Waals surface area contributed by atoms with E-state index in [1.165, 1.54) is 50.5 Å². The Morgan fingerprint density at radius 2 is 1.72 bits per heavy atom. The van der Waals surface area contributed by atoms with Gasteiger partial charge in [-0.1, -0.05) is 58.4 Å². The van der Waals surface area contributed by atoms with E-state index in [1.807, 2.05) is 6.08 Å². The SMILES string of the molecule is CCCCC(=O)NCCCCCCC[C@@H]1CC2=CC(=O)CC[C@]2(C)C2CC[C@@]3(C)C(CC[C@]3(C)O)C21. The summed E-state index contributed by atoms with van der Waals surface area (Å²) in [5.41, 5.74) is 1.14. The molecule has 1 amide bonds. The van der Waals surface area contributed by atoms with Crippen molar-refractivity contribution in [3.8, 4) is 0 Å². The largest absolute Gasteiger partial charge is 0.390 e.